The van der Waals surface area contributed by atoms with Crippen molar-refractivity contribution >= 4 is 0 Å². The topological polar surface area (TPSA) is 35.5 Å². The molecule has 1 rings (SSSR count). The summed E-state index contributed by atoms with van der Waals surface area (Å²) < 4.78 is 0. The first-order valence-corrected chi connectivity index (χ1v) is 8.34. The fraction of sp³-hybridized carbons (Fsp3) is 1.00. The molecule has 0 aliphatic heterocycles. The number of hydrogen-bond donors (Lipinski definition) is 2. The first-order valence-electron chi connectivity index (χ1n) is 8.34. The second-order valence-corrected chi connectivity index (χ2v) is 7.96. The Labute approximate surface area is 126 Å². The lowest BCUT2D eigenvalue weighted by Gasteiger charge is -2.40. The van der Waals surface area contributed by atoms with Gasteiger partial charge in [0, 0.05) is 24.7 Å². The second-order valence-electron chi connectivity index (χ2n) is 7.96. The normalized spacial score (nSPS) is 21.8. The van der Waals surface area contributed by atoms with Gasteiger partial charge in [0.25, 0.3) is 0 Å². The van der Waals surface area contributed by atoms with Gasteiger partial charge in [0.15, 0.2) is 0 Å². The van der Waals surface area contributed by atoms with Gasteiger partial charge < -0.3 is 15.3 Å². The zero-order chi connectivity index (χ0) is 15.2. The van der Waals surface area contributed by atoms with Crippen LogP contribution in [0.3, 0.4) is 0 Å². The molecule has 3 heteroatoms. The molecule has 0 heterocycles. The van der Waals surface area contributed by atoms with Crippen molar-refractivity contribution in [1.82, 2.24) is 10.2 Å². The van der Waals surface area contributed by atoms with Crippen molar-refractivity contribution in [3.8, 4) is 0 Å². The van der Waals surface area contributed by atoms with Crippen molar-refractivity contribution in [3.63, 3.8) is 0 Å². The van der Waals surface area contributed by atoms with E-state index < -0.39 is 0 Å². The summed E-state index contributed by atoms with van der Waals surface area (Å²) in [5, 5.41) is 13.1. The quantitative estimate of drug-likeness (QED) is 0.736. The summed E-state index contributed by atoms with van der Waals surface area (Å²) in [6.07, 6.45) is 8.12. The summed E-state index contributed by atoms with van der Waals surface area (Å²) in [4.78, 5) is 2.34. The summed E-state index contributed by atoms with van der Waals surface area (Å²) in [5.41, 5.74) is 0.558. The van der Waals surface area contributed by atoms with Crippen molar-refractivity contribution in [2.24, 2.45) is 5.41 Å². The van der Waals surface area contributed by atoms with Crippen LogP contribution in [0, 0.1) is 5.41 Å². The van der Waals surface area contributed by atoms with Crippen LogP contribution in [0.2, 0.25) is 0 Å². The van der Waals surface area contributed by atoms with Gasteiger partial charge in [0.1, 0.15) is 0 Å². The lowest BCUT2D eigenvalue weighted by Crippen LogP contribution is -2.50. The van der Waals surface area contributed by atoms with Crippen molar-refractivity contribution in [3.05, 3.63) is 0 Å². The predicted molar refractivity (Wildman–Crippen MR) is 87.1 cm³/mol. The third-order valence-corrected chi connectivity index (χ3v) is 4.76. The Morgan fingerprint density at radius 1 is 1.15 bits per heavy atom. The molecule has 0 amide bonds. The van der Waals surface area contributed by atoms with Crippen LogP contribution in [-0.4, -0.2) is 48.3 Å². The third-order valence-electron chi connectivity index (χ3n) is 4.76. The van der Waals surface area contributed by atoms with E-state index in [9.17, 15) is 5.11 Å². The number of hydrogen-bond acceptors (Lipinski definition) is 3. The molecule has 0 aromatic rings. The largest absolute Gasteiger partial charge is 0.395 e. The Kier molecular flexibility index (Phi) is 6.96. The molecule has 3 nitrogen and oxygen atoms in total. The van der Waals surface area contributed by atoms with Gasteiger partial charge in [-0.05, 0) is 53.0 Å². The molecule has 0 radical (unpaired) electrons. The van der Waals surface area contributed by atoms with Crippen molar-refractivity contribution in [2.45, 2.75) is 77.8 Å². The van der Waals surface area contributed by atoms with Crippen LogP contribution in [0.1, 0.15) is 66.2 Å². The van der Waals surface area contributed by atoms with E-state index in [4.69, 9.17) is 0 Å². The molecule has 1 atom stereocenters. The van der Waals surface area contributed by atoms with Gasteiger partial charge in [-0.3, -0.25) is 0 Å². The Hall–Kier alpha value is -0.120. The standard InChI is InChI=1S/C17H36N2O/c1-15(12-20)19(5)14-17(13-18-16(2,3)4)10-8-6-7-9-11-17/h15,18,20H,6-14H2,1-5H3. The summed E-state index contributed by atoms with van der Waals surface area (Å²) in [5.74, 6) is 0. The highest BCUT2D eigenvalue weighted by molar-refractivity contribution is 4.89. The maximum Gasteiger partial charge on any atom is 0.0584 e. The number of nitrogens with zero attached hydrogens (tertiary/aromatic N) is 1. The molecule has 2 N–H and O–H groups in total. The first kappa shape index (κ1) is 17.9. The van der Waals surface area contributed by atoms with Gasteiger partial charge in [0.05, 0.1) is 6.61 Å². The average molecular weight is 284 g/mol. The fourth-order valence-electron chi connectivity index (χ4n) is 3.15. The molecule has 1 fully saturated rings. The summed E-state index contributed by atoms with van der Waals surface area (Å²) >= 11 is 0. The molecule has 1 saturated carbocycles. The minimum Gasteiger partial charge on any atom is -0.395 e. The van der Waals surface area contributed by atoms with Gasteiger partial charge in [-0.2, -0.15) is 0 Å². The van der Waals surface area contributed by atoms with Crippen molar-refractivity contribution < 1.29 is 5.11 Å². The van der Waals surface area contributed by atoms with E-state index in [-0.39, 0.29) is 18.2 Å². The first-order chi connectivity index (χ1) is 9.28. The molecular weight excluding hydrogens is 248 g/mol. The van der Waals surface area contributed by atoms with Crippen LogP contribution in [0.15, 0.2) is 0 Å². The molecule has 0 bridgehead atoms. The molecule has 1 unspecified atom stereocenters. The second kappa shape index (κ2) is 7.77. The Balaban J connectivity index is 2.72. The molecule has 0 spiro atoms. The maximum atomic E-state index is 9.38. The van der Waals surface area contributed by atoms with Gasteiger partial charge >= 0.3 is 0 Å². The number of aliphatic hydroxyl groups excluding tert-OH is 1. The molecule has 1 aliphatic carbocycles. The molecule has 120 valence electrons. The van der Waals surface area contributed by atoms with E-state index in [0.717, 1.165) is 13.1 Å². The average Bonchev–Trinajstić information content (AvgIpc) is 2.61. The zero-order valence-electron chi connectivity index (χ0n) is 14.3. The molecule has 1 aliphatic rings. The van der Waals surface area contributed by atoms with E-state index >= 15 is 0 Å². The van der Waals surface area contributed by atoms with Crippen molar-refractivity contribution in [1.29, 1.82) is 0 Å². The Morgan fingerprint density at radius 2 is 1.70 bits per heavy atom. The number of nitrogens with one attached hydrogen (secondary N) is 1. The fourth-order valence-corrected chi connectivity index (χ4v) is 3.15. The molecule has 20 heavy (non-hydrogen) atoms. The Morgan fingerprint density at radius 3 is 2.15 bits per heavy atom. The van der Waals surface area contributed by atoms with Gasteiger partial charge in [-0.1, -0.05) is 25.7 Å². The van der Waals surface area contributed by atoms with Crippen LogP contribution in [0.5, 0.6) is 0 Å². The van der Waals surface area contributed by atoms with Crippen LogP contribution >= 0.6 is 0 Å². The monoisotopic (exact) mass is 284 g/mol. The van der Waals surface area contributed by atoms with Crippen LogP contribution in [0.4, 0.5) is 0 Å². The predicted octanol–water partition coefficient (Wildman–Crippen LogP) is 3.03. The lowest BCUT2D eigenvalue weighted by atomic mass is 9.79. The summed E-state index contributed by atoms with van der Waals surface area (Å²) in [6.45, 7) is 11.3. The van der Waals surface area contributed by atoms with Gasteiger partial charge in [-0.15, -0.1) is 0 Å². The van der Waals surface area contributed by atoms with Crippen LogP contribution in [-0.2, 0) is 0 Å². The molecular formula is C17H36N2O. The Bertz CT molecular complexity index is 265. The van der Waals surface area contributed by atoms with Crippen LogP contribution in [0.25, 0.3) is 0 Å². The lowest BCUT2D eigenvalue weighted by molar-refractivity contribution is 0.0860. The highest BCUT2D eigenvalue weighted by Crippen LogP contribution is 2.36. The zero-order valence-corrected chi connectivity index (χ0v) is 14.3. The van der Waals surface area contributed by atoms with Gasteiger partial charge in [-0.25, -0.2) is 0 Å². The maximum absolute atomic E-state index is 9.38. The highest BCUT2D eigenvalue weighted by atomic mass is 16.3. The molecule has 0 aromatic heterocycles. The SMILES string of the molecule is CC(CO)N(C)CC1(CNC(C)(C)C)CCCCCC1. The van der Waals surface area contributed by atoms with E-state index in [1.54, 1.807) is 0 Å². The van der Waals surface area contributed by atoms with E-state index in [1.165, 1.54) is 38.5 Å². The minimum atomic E-state index is 0.181. The minimum absolute atomic E-state index is 0.181. The van der Waals surface area contributed by atoms with Crippen molar-refractivity contribution in [2.75, 3.05) is 26.7 Å². The van der Waals surface area contributed by atoms with E-state index in [0.29, 0.717) is 5.41 Å². The number of aliphatic hydroxyl groups is 1. The molecule has 0 aromatic carbocycles. The smallest absolute Gasteiger partial charge is 0.0584 e. The summed E-state index contributed by atoms with van der Waals surface area (Å²) in [7, 11) is 2.16. The van der Waals surface area contributed by atoms with E-state index in [1.807, 2.05) is 0 Å². The molecule has 0 saturated heterocycles. The van der Waals surface area contributed by atoms with E-state index in [2.05, 4.69) is 45.0 Å². The third kappa shape index (κ3) is 6.11. The number of likely N-dealkylation sites (N-methyl/N-ethyl adjacent to an activating group) is 1. The van der Waals surface area contributed by atoms with Gasteiger partial charge in [0.2, 0.25) is 0 Å². The number of rotatable bonds is 6. The summed E-state index contributed by atoms with van der Waals surface area (Å²) in [6, 6.07) is 0.254. The highest BCUT2D eigenvalue weighted by Gasteiger charge is 2.33. The van der Waals surface area contributed by atoms with Crippen LogP contribution < -0.4 is 5.32 Å².